The minimum Gasteiger partial charge on any atom is -0.495 e. The van der Waals surface area contributed by atoms with Gasteiger partial charge in [0.1, 0.15) is 10.8 Å². The summed E-state index contributed by atoms with van der Waals surface area (Å²) in [5, 5.41) is 0.0471. The van der Waals surface area contributed by atoms with Gasteiger partial charge < -0.3 is 14.6 Å². The van der Waals surface area contributed by atoms with Gasteiger partial charge in [-0.3, -0.25) is 4.79 Å². The number of aromatic nitrogens is 2. The summed E-state index contributed by atoms with van der Waals surface area (Å²) in [5.74, 6) is 1.06. The predicted octanol–water partition coefficient (Wildman–Crippen LogP) is 2.20. The van der Waals surface area contributed by atoms with Gasteiger partial charge in [0.05, 0.1) is 19.1 Å². The number of rotatable bonds is 3. The van der Waals surface area contributed by atoms with Crippen molar-refractivity contribution in [3.8, 4) is 5.75 Å². The minimum absolute atomic E-state index is 0.0471. The first-order valence-corrected chi connectivity index (χ1v) is 5.63. The SMILES string of the molecule is COc1ccccc1N(C)c1nc[nH]c(=O)c1Cl. The van der Waals surface area contributed by atoms with Crippen LogP contribution in [0.15, 0.2) is 35.4 Å². The van der Waals surface area contributed by atoms with Crippen molar-refractivity contribution < 1.29 is 4.74 Å². The summed E-state index contributed by atoms with van der Waals surface area (Å²) in [6, 6.07) is 7.42. The van der Waals surface area contributed by atoms with Crippen LogP contribution in [0.3, 0.4) is 0 Å². The second kappa shape index (κ2) is 5.10. The van der Waals surface area contributed by atoms with Crippen molar-refractivity contribution in [2.45, 2.75) is 0 Å². The Balaban J connectivity index is 2.51. The van der Waals surface area contributed by atoms with E-state index in [9.17, 15) is 4.79 Å². The Morgan fingerprint density at radius 2 is 2.11 bits per heavy atom. The summed E-state index contributed by atoms with van der Waals surface area (Å²) in [6.07, 6.45) is 1.31. The highest BCUT2D eigenvalue weighted by atomic mass is 35.5. The lowest BCUT2D eigenvalue weighted by Crippen LogP contribution is -2.17. The highest BCUT2D eigenvalue weighted by Crippen LogP contribution is 2.32. The van der Waals surface area contributed by atoms with Gasteiger partial charge in [0, 0.05) is 7.05 Å². The Bertz CT molecular complexity index is 612. The lowest BCUT2D eigenvalue weighted by atomic mass is 10.2. The summed E-state index contributed by atoms with van der Waals surface area (Å²) >= 11 is 5.94. The quantitative estimate of drug-likeness (QED) is 0.924. The summed E-state index contributed by atoms with van der Waals surface area (Å²) in [7, 11) is 3.35. The number of benzene rings is 1. The van der Waals surface area contributed by atoms with Gasteiger partial charge in [-0.2, -0.15) is 0 Å². The number of halogens is 1. The van der Waals surface area contributed by atoms with E-state index in [4.69, 9.17) is 16.3 Å². The van der Waals surface area contributed by atoms with E-state index >= 15 is 0 Å². The molecule has 2 rings (SSSR count). The first-order valence-electron chi connectivity index (χ1n) is 5.25. The maximum absolute atomic E-state index is 11.4. The van der Waals surface area contributed by atoms with Crippen LogP contribution in [0, 0.1) is 0 Å². The van der Waals surface area contributed by atoms with E-state index < -0.39 is 0 Å². The largest absolute Gasteiger partial charge is 0.495 e. The van der Waals surface area contributed by atoms with Crippen LogP contribution in [0.4, 0.5) is 11.5 Å². The molecule has 18 heavy (non-hydrogen) atoms. The summed E-state index contributed by atoms with van der Waals surface area (Å²) in [5.41, 5.74) is 0.406. The van der Waals surface area contributed by atoms with E-state index in [1.165, 1.54) is 6.33 Å². The topological polar surface area (TPSA) is 58.2 Å². The first-order chi connectivity index (χ1) is 8.65. The molecule has 1 aromatic heterocycles. The maximum atomic E-state index is 11.4. The number of nitrogens with zero attached hydrogens (tertiary/aromatic N) is 2. The molecule has 0 bridgehead atoms. The van der Waals surface area contributed by atoms with Crippen molar-refractivity contribution in [2.75, 3.05) is 19.1 Å². The predicted molar refractivity (Wildman–Crippen MR) is 70.9 cm³/mol. The lowest BCUT2D eigenvalue weighted by Gasteiger charge is -2.21. The van der Waals surface area contributed by atoms with Crippen molar-refractivity contribution in [3.05, 3.63) is 46.0 Å². The van der Waals surface area contributed by atoms with Crippen LogP contribution in [0.25, 0.3) is 0 Å². The van der Waals surface area contributed by atoms with E-state index in [-0.39, 0.29) is 10.6 Å². The molecule has 0 aliphatic carbocycles. The second-order valence-electron chi connectivity index (χ2n) is 3.60. The van der Waals surface area contributed by atoms with E-state index in [0.29, 0.717) is 11.6 Å². The Kier molecular flexibility index (Phi) is 3.53. The molecule has 0 saturated heterocycles. The molecule has 0 fully saturated rings. The minimum atomic E-state index is -0.372. The van der Waals surface area contributed by atoms with Gasteiger partial charge in [-0.15, -0.1) is 0 Å². The summed E-state index contributed by atoms with van der Waals surface area (Å²) < 4.78 is 5.26. The van der Waals surface area contributed by atoms with Gasteiger partial charge in [-0.25, -0.2) is 4.98 Å². The molecule has 0 radical (unpaired) electrons. The van der Waals surface area contributed by atoms with Crippen molar-refractivity contribution >= 4 is 23.1 Å². The fraction of sp³-hybridized carbons (Fsp3) is 0.167. The standard InChI is InChI=1S/C12H12ClN3O2/c1-16(8-5-3-4-6-9(8)18-2)11-10(13)12(17)15-7-14-11/h3-7H,1-2H3,(H,14,15,17). The third kappa shape index (κ3) is 2.17. The van der Waals surface area contributed by atoms with Crippen molar-refractivity contribution in [1.29, 1.82) is 0 Å². The number of nitrogens with one attached hydrogen (secondary N) is 1. The molecular weight excluding hydrogens is 254 g/mol. The summed E-state index contributed by atoms with van der Waals surface area (Å²) in [4.78, 5) is 19.6. The number of para-hydroxylation sites is 2. The molecule has 5 nitrogen and oxygen atoms in total. The zero-order valence-corrected chi connectivity index (χ0v) is 10.7. The highest BCUT2D eigenvalue weighted by molar-refractivity contribution is 6.32. The van der Waals surface area contributed by atoms with Crippen LogP contribution in [0.1, 0.15) is 0 Å². The van der Waals surface area contributed by atoms with E-state index in [2.05, 4.69) is 9.97 Å². The van der Waals surface area contributed by atoms with Gasteiger partial charge in [0.25, 0.3) is 5.56 Å². The Morgan fingerprint density at radius 3 is 2.83 bits per heavy atom. The van der Waals surface area contributed by atoms with Gasteiger partial charge in [0.2, 0.25) is 0 Å². The van der Waals surface area contributed by atoms with Crippen LogP contribution in [-0.2, 0) is 0 Å². The van der Waals surface area contributed by atoms with Crippen LogP contribution in [-0.4, -0.2) is 24.1 Å². The third-order valence-electron chi connectivity index (χ3n) is 2.54. The van der Waals surface area contributed by atoms with Crippen LogP contribution in [0.5, 0.6) is 5.75 Å². The zero-order valence-electron chi connectivity index (χ0n) is 9.98. The molecule has 2 aromatic rings. The van der Waals surface area contributed by atoms with Crippen molar-refractivity contribution in [3.63, 3.8) is 0 Å². The smallest absolute Gasteiger partial charge is 0.271 e. The average Bonchev–Trinajstić information content (AvgIpc) is 2.41. The number of hydrogen-bond acceptors (Lipinski definition) is 4. The van der Waals surface area contributed by atoms with Crippen LogP contribution in [0.2, 0.25) is 5.02 Å². The lowest BCUT2D eigenvalue weighted by molar-refractivity contribution is 0.415. The van der Waals surface area contributed by atoms with E-state index in [0.717, 1.165) is 5.69 Å². The number of hydrogen-bond donors (Lipinski definition) is 1. The normalized spacial score (nSPS) is 10.2. The zero-order chi connectivity index (χ0) is 13.1. The number of ether oxygens (including phenoxy) is 1. The molecule has 0 saturated carbocycles. The molecule has 0 aliphatic rings. The molecule has 0 unspecified atom stereocenters. The molecule has 1 N–H and O–H groups in total. The number of H-pyrrole nitrogens is 1. The molecule has 6 heteroatoms. The first kappa shape index (κ1) is 12.4. The Hall–Kier alpha value is -2.01. The van der Waals surface area contributed by atoms with Gasteiger partial charge in [0.15, 0.2) is 5.82 Å². The molecular formula is C12H12ClN3O2. The monoisotopic (exact) mass is 265 g/mol. The fourth-order valence-electron chi connectivity index (χ4n) is 1.63. The Morgan fingerprint density at radius 1 is 1.39 bits per heavy atom. The molecule has 1 aromatic carbocycles. The molecule has 0 amide bonds. The van der Waals surface area contributed by atoms with Crippen LogP contribution >= 0.6 is 11.6 Å². The second-order valence-corrected chi connectivity index (χ2v) is 3.98. The van der Waals surface area contributed by atoms with Crippen molar-refractivity contribution in [2.24, 2.45) is 0 Å². The molecule has 0 spiro atoms. The maximum Gasteiger partial charge on any atom is 0.271 e. The van der Waals surface area contributed by atoms with Gasteiger partial charge in [-0.05, 0) is 12.1 Å². The molecule has 0 aliphatic heterocycles. The summed E-state index contributed by atoms with van der Waals surface area (Å²) in [6.45, 7) is 0. The van der Waals surface area contributed by atoms with Gasteiger partial charge in [-0.1, -0.05) is 23.7 Å². The van der Waals surface area contributed by atoms with E-state index in [1.54, 1.807) is 19.1 Å². The highest BCUT2D eigenvalue weighted by Gasteiger charge is 2.15. The van der Waals surface area contributed by atoms with Crippen LogP contribution < -0.4 is 15.2 Å². The number of anilines is 2. The van der Waals surface area contributed by atoms with E-state index in [1.807, 2.05) is 24.3 Å². The Labute approximate surface area is 109 Å². The van der Waals surface area contributed by atoms with Crippen molar-refractivity contribution in [1.82, 2.24) is 9.97 Å². The number of methoxy groups -OCH3 is 1. The molecule has 0 atom stereocenters. The fourth-order valence-corrected chi connectivity index (χ4v) is 1.86. The van der Waals surface area contributed by atoms with Gasteiger partial charge >= 0.3 is 0 Å². The average molecular weight is 266 g/mol. The number of aromatic amines is 1. The third-order valence-corrected chi connectivity index (χ3v) is 2.88. The molecule has 1 heterocycles. The molecule has 94 valence electrons.